The van der Waals surface area contributed by atoms with Crippen molar-refractivity contribution in [1.82, 2.24) is 5.32 Å². The minimum atomic E-state index is -0.227. The van der Waals surface area contributed by atoms with Crippen LogP contribution in [0.15, 0.2) is 48.2 Å². The summed E-state index contributed by atoms with van der Waals surface area (Å²) in [4.78, 5) is 14.2. The molecule has 1 heterocycles. The number of benzene rings is 2. The number of amides is 1. The quantitative estimate of drug-likeness (QED) is 0.645. The maximum atomic E-state index is 12.8. The molecule has 1 aliphatic heterocycles. The molecule has 6 nitrogen and oxygen atoms in total. The minimum Gasteiger partial charge on any atom is -0.493 e. The number of anilines is 1. The first-order valence-corrected chi connectivity index (χ1v) is 8.22. The van der Waals surface area contributed by atoms with Gasteiger partial charge in [0.25, 0.3) is 5.91 Å². The average molecular weight is 370 g/mol. The molecule has 0 bridgehead atoms. The second-order valence-corrected chi connectivity index (χ2v) is 5.81. The summed E-state index contributed by atoms with van der Waals surface area (Å²) in [5, 5.41) is 3.29. The van der Waals surface area contributed by atoms with Gasteiger partial charge in [0.1, 0.15) is 5.70 Å². The molecule has 0 saturated carbocycles. The number of carbonyl (C=O) groups excluding carboxylic acids is 1. The first-order chi connectivity index (χ1) is 12.6. The molecule has 0 unspecified atom stereocenters. The van der Waals surface area contributed by atoms with Crippen LogP contribution in [0.25, 0.3) is 6.08 Å². The average Bonchev–Trinajstić information content (AvgIpc) is 2.94. The molecule has 0 radical (unpaired) electrons. The summed E-state index contributed by atoms with van der Waals surface area (Å²) in [7, 11) is 4.62. The van der Waals surface area contributed by atoms with Gasteiger partial charge in [-0.2, -0.15) is 0 Å². The van der Waals surface area contributed by atoms with E-state index in [0.717, 1.165) is 0 Å². The van der Waals surface area contributed by atoms with E-state index in [9.17, 15) is 4.79 Å². The van der Waals surface area contributed by atoms with Crippen molar-refractivity contribution in [3.63, 3.8) is 0 Å². The van der Waals surface area contributed by atoms with Crippen molar-refractivity contribution in [2.24, 2.45) is 0 Å². The first-order valence-electron chi connectivity index (χ1n) is 7.81. The summed E-state index contributed by atoms with van der Waals surface area (Å²) in [6.07, 6.45) is 1.70. The topological polar surface area (TPSA) is 60.0 Å². The van der Waals surface area contributed by atoms with E-state index in [2.05, 4.69) is 5.32 Å². The van der Waals surface area contributed by atoms with E-state index >= 15 is 0 Å². The highest BCUT2D eigenvalue weighted by Gasteiger charge is 2.31. The van der Waals surface area contributed by atoms with Crippen molar-refractivity contribution in [2.75, 3.05) is 26.2 Å². The van der Waals surface area contributed by atoms with Crippen molar-refractivity contribution < 1.29 is 19.0 Å². The van der Waals surface area contributed by atoms with Crippen LogP contribution in [0.5, 0.6) is 17.2 Å². The van der Waals surface area contributed by atoms with Gasteiger partial charge in [0.05, 0.1) is 27.0 Å². The zero-order valence-electron chi connectivity index (χ0n) is 14.6. The van der Waals surface area contributed by atoms with Crippen LogP contribution in [0.2, 0.25) is 0 Å². The van der Waals surface area contributed by atoms with E-state index in [1.54, 1.807) is 32.4 Å². The highest BCUT2D eigenvalue weighted by atomic mass is 32.1. The molecule has 1 aliphatic rings. The molecular formula is C19H18N2O4S. The predicted molar refractivity (Wildman–Crippen MR) is 104 cm³/mol. The van der Waals surface area contributed by atoms with Crippen LogP contribution in [-0.2, 0) is 4.79 Å². The summed E-state index contributed by atoms with van der Waals surface area (Å²) in [5.74, 6) is 1.28. The van der Waals surface area contributed by atoms with Crippen molar-refractivity contribution in [2.45, 2.75) is 0 Å². The first kappa shape index (κ1) is 17.8. The van der Waals surface area contributed by atoms with Crippen LogP contribution in [0.1, 0.15) is 5.56 Å². The fourth-order valence-corrected chi connectivity index (χ4v) is 3.00. The Labute approximate surface area is 157 Å². The van der Waals surface area contributed by atoms with Gasteiger partial charge < -0.3 is 19.5 Å². The number of nitrogens with zero attached hydrogens (tertiary/aromatic N) is 1. The number of methoxy groups -OCH3 is 3. The number of carbonyl (C=O) groups is 1. The van der Waals surface area contributed by atoms with Crippen molar-refractivity contribution in [3.8, 4) is 17.2 Å². The third-order valence-corrected chi connectivity index (χ3v) is 4.18. The van der Waals surface area contributed by atoms with E-state index in [-0.39, 0.29) is 5.91 Å². The van der Waals surface area contributed by atoms with Gasteiger partial charge in [0.15, 0.2) is 16.6 Å². The van der Waals surface area contributed by atoms with Crippen molar-refractivity contribution in [1.29, 1.82) is 0 Å². The third kappa shape index (κ3) is 3.21. The van der Waals surface area contributed by atoms with E-state index in [0.29, 0.717) is 39.3 Å². The fourth-order valence-electron chi connectivity index (χ4n) is 2.70. The molecule has 0 aromatic heterocycles. The fraction of sp³-hybridized carbons (Fsp3) is 0.158. The SMILES string of the molecule is COc1cc(C=C2NC(=S)N(c3ccccc3)C2=O)cc(OC)c1OC. The smallest absolute Gasteiger partial charge is 0.281 e. The number of nitrogens with one attached hydrogen (secondary N) is 1. The van der Waals surface area contributed by atoms with Gasteiger partial charge >= 0.3 is 0 Å². The molecule has 1 fully saturated rings. The van der Waals surface area contributed by atoms with Crippen LogP contribution in [0, 0.1) is 0 Å². The number of ether oxygens (including phenoxy) is 3. The number of para-hydroxylation sites is 1. The molecular weight excluding hydrogens is 352 g/mol. The van der Waals surface area contributed by atoms with E-state index < -0.39 is 0 Å². The number of hydrogen-bond acceptors (Lipinski definition) is 5. The molecule has 2 aromatic rings. The molecule has 1 N–H and O–H groups in total. The van der Waals surface area contributed by atoms with Gasteiger partial charge in [-0.05, 0) is 48.1 Å². The van der Waals surface area contributed by atoms with Gasteiger partial charge in [0.2, 0.25) is 5.75 Å². The lowest BCUT2D eigenvalue weighted by Crippen LogP contribution is -2.30. The van der Waals surface area contributed by atoms with Gasteiger partial charge in [-0.3, -0.25) is 9.69 Å². The van der Waals surface area contributed by atoms with Crippen LogP contribution < -0.4 is 24.4 Å². The Bertz CT molecular complexity index is 855. The Balaban J connectivity index is 1.98. The molecule has 1 amide bonds. The Morgan fingerprint density at radius 1 is 1.00 bits per heavy atom. The number of hydrogen-bond donors (Lipinski definition) is 1. The minimum absolute atomic E-state index is 0.227. The molecule has 0 spiro atoms. The predicted octanol–water partition coefficient (Wildman–Crippen LogP) is 2.97. The lowest BCUT2D eigenvalue weighted by molar-refractivity contribution is -0.113. The summed E-state index contributed by atoms with van der Waals surface area (Å²) in [6, 6.07) is 12.8. The number of thiocarbonyl (C=S) groups is 1. The summed E-state index contributed by atoms with van der Waals surface area (Å²) < 4.78 is 16.0. The summed E-state index contributed by atoms with van der Waals surface area (Å²) in [6.45, 7) is 0. The van der Waals surface area contributed by atoms with Crippen LogP contribution in [0.4, 0.5) is 5.69 Å². The normalized spacial score (nSPS) is 15.2. The molecule has 0 aliphatic carbocycles. The lowest BCUT2D eigenvalue weighted by atomic mass is 10.1. The molecule has 26 heavy (non-hydrogen) atoms. The maximum absolute atomic E-state index is 12.8. The molecule has 134 valence electrons. The lowest BCUT2D eigenvalue weighted by Gasteiger charge is -2.13. The largest absolute Gasteiger partial charge is 0.493 e. The van der Waals surface area contributed by atoms with E-state index in [1.165, 1.54) is 12.0 Å². The molecule has 1 saturated heterocycles. The van der Waals surface area contributed by atoms with Crippen LogP contribution in [-0.4, -0.2) is 32.3 Å². The van der Waals surface area contributed by atoms with Crippen molar-refractivity contribution in [3.05, 3.63) is 53.7 Å². The maximum Gasteiger partial charge on any atom is 0.281 e. The highest BCUT2D eigenvalue weighted by Crippen LogP contribution is 2.38. The Morgan fingerprint density at radius 2 is 1.62 bits per heavy atom. The zero-order chi connectivity index (χ0) is 18.7. The van der Waals surface area contributed by atoms with E-state index in [4.69, 9.17) is 26.4 Å². The van der Waals surface area contributed by atoms with Gasteiger partial charge in [-0.25, -0.2) is 0 Å². The molecule has 7 heteroatoms. The highest BCUT2D eigenvalue weighted by molar-refractivity contribution is 7.80. The Morgan fingerprint density at radius 3 is 2.15 bits per heavy atom. The molecule has 2 aromatic carbocycles. The van der Waals surface area contributed by atoms with Gasteiger partial charge in [-0.1, -0.05) is 18.2 Å². The summed E-state index contributed by atoms with van der Waals surface area (Å²) >= 11 is 5.31. The van der Waals surface area contributed by atoms with Crippen LogP contribution >= 0.6 is 12.2 Å². The third-order valence-electron chi connectivity index (χ3n) is 3.89. The van der Waals surface area contributed by atoms with Crippen LogP contribution in [0.3, 0.4) is 0 Å². The molecule has 0 atom stereocenters. The van der Waals surface area contributed by atoms with Gasteiger partial charge in [-0.15, -0.1) is 0 Å². The monoisotopic (exact) mass is 370 g/mol. The Hall–Kier alpha value is -3.06. The van der Waals surface area contributed by atoms with Crippen molar-refractivity contribution >= 4 is 35.0 Å². The Kier molecular flexibility index (Phi) is 5.09. The van der Waals surface area contributed by atoms with E-state index in [1.807, 2.05) is 30.3 Å². The second-order valence-electron chi connectivity index (χ2n) is 5.42. The molecule has 3 rings (SSSR count). The standard InChI is InChI=1S/C19H18N2O4S/c1-23-15-10-12(11-16(24-2)17(15)25-3)9-14-18(22)21(19(26)20-14)13-7-5-4-6-8-13/h4-11H,1-3H3,(H,20,26). The van der Waals surface area contributed by atoms with Gasteiger partial charge in [0, 0.05) is 0 Å². The zero-order valence-corrected chi connectivity index (χ0v) is 15.4. The summed E-state index contributed by atoms with van der Waals surface area (Å²) in [5.41, 5.74) is 1.80. The number of rotatable bonds is 5. The second kappa shape index (κ2) is 7.45.